The topological polar surface area (TPSA) is 139 Å². The van der Waals surface area contributed by atoms with Crippen LogP contribution in [0.15, 0.2) is 34.3 Å². The molecule has 26 heavy (non-hydrogen) atoms. The summed E-state index contributed by atoms with van der Waals surface area (Å²) in [5.74, 6) is -2.25. The first-order valence-electron chi connectivity index (χ1n) is 8.16. The third-order valence-electron chi connectivity index (χ3n) is 4.25. The van der Waals surface area contributed by atoms with Crippen LogP contribution in [0.4, 0.5) is 0 Å². The summed E-state index contributed by atoms with van der Waals surface area (Å²) >= 11 is 0. The summed E-state index contributed by atoms with van der Waals surface area (Å²) in [5, 5.41) is 1.57. The van der Waals surface area contributed by atoms with Crippen molar-refractivity contribution >= 4 is 24.5 Å². The maximum Gasteiger partial charge on any atom is 0.249 e. The van der Waals surface area contributed by atoms with Gasteiger partial charge in [-0.25, -0.2) is 15.4 Å². The second kappa shape index (κ2) is 7.60. The zero-order valence-electron chi connectivity index (χ0n) is 14.2. The Morgan fingerprint density at radius 2 is 1.96 bits per heavy atom. The predicted molar refractivity (Wildman–Crippen MR) is 95.1 cm³/mol. The Labute approximate surface area is 150 Å². The van der Waals surface area contributed by atoms with E-state index in [0.717, 1.165) is 0 Å². The van der Waals surface area contributed by atoms with E-state index < -0.39 is 17.6 Å². The summed E-state index contributed by atoms with van der Waals surface area (Å²) < 4.78 is 5.45. The van der Waals surface area contributed by atoms with E-state index in [9.17, 15) is 9.59 Å². The molecule has 0 radical (unpaired) electrons. The highest BCUT2D eigenvalue weighted by Gasteiger charge is 2.47. The number of hydrogen-bond donors (Lipinski definition) is 3. The molecular formula is C16H21N7O3. The van der Waals surface area contributed by atoms with Crippen LogP contribution in [0.3, 0.4) is 0 Å². The lowest BCUT2D eigenvalue weighted by atomic mass is 9.97. The molecule has 1 aromatic carbocycles. The number of ether oxygens (including phenoxy) is 1. The number of amides is 2. The van der Waals surface area contributed by atoms with Gasteiger partial charge in [0.1, 0.15) is 12.7 Å². The summed E-state index contributed by atoms with van der Waals surface area (Å²) in [6.45, 7) is 2.03. The minimum atomic E-state index is -1.15. The highest BCUT2D eigenvalue weighted by molar-refractivity contribution is 5.95. The Hall–Kier alpha value is -2.82. The molecule has 1 aromatic rings. The van der Waals surface area contributed by atoms with Gasteiger partial charge < -0.3 is 16.2 Å². The van der Waals surface area contributed by atoms with Crippen LogP contribution in [0.2, 0.25) is 0 Å². The number of benzene rings is 1. The van der Waals surface area contributed by atoms with Crippen LogP contribution in [0.25, 0.3) is 0 Å². The van der Waals surface area contributed by atoms with Crippen molar-refractivity contribution in [1.82, 2.24) is 15.3 Å². The Kier molecular flexibility index (Phi) is 5.26. The number of rotatable bonds is 6. The van der Waals surface area contributed by atoms with Gasteiger partial charge in [-0.1, -0.05) is 18.2 Å². The first-order valence-corrected chi connectivity index (χ1v) is 8.16. The minimum absolute atomic E-state index is 0.119. The standard InChI is InChI=1S/C16H21N7O3/c17-14(24)9-21-23-11-19-10-20-16(23,22-5-7-26-8-6-22)13-4-2-1-3-12(13)15(18)25/h1-4,10-11,21H,5-9H2,(H2,17,24)(H2,18,25). The van der Waals surface area contributed by atoms with Gasteiger partial charge in [-0.3, -0.25) is 19.5 Å². The molecule has 5 N–H and O–H groups in total. The zero-order chi connectivity index (χ0) is 18.6. The van der Waals surface area contributed by atoms with Gasteiger partial charge in [-0.2, -0.15) is 0 Å². The molecule has 1 unspecified atom stereocenters. The molecule has 1 atom stereocenters. The molecule has 10 heteroatoms. The van der Waals surface area contributed by atoms with Crippen LogP contribution in [0, 0.1) is 0 Å². The monoisotopic (exact) mass is 359 g/mol. The van der Waals surface area contributed by atoms with Crippen molar-refractivity contribution in [2.75, 3.05) is 32.8 Å². The highest BCUT2D eigenvalue weighted by Crippen LogP contribution is 2.36. The average Bonchev–Trinajstić information content (AvgIpc) is 2.67. The molecule has 0 spiro atoms. The number of nitrogens with two attached hydrogens (primary N) is 2. The van der Waals surface area contributed by atoms with E-state index in [-0.39, 0.29) is 6.54 Å². The van der Waals surface area contributed by atoms with Gasteiger partial charge in [-0.05, 0) is 6.07 Å². The molecule has 1 saturated heterocycles. The van der Waals surface area contributed by atoms with Crippen LogP contribution in [0.5, 0.6) is 0 Å². The fourth-order valence-electron chi connectivity index (χ4n) is 3.14. The lowest BCUT2D eigenvalue weighted by molar-refractivity contribution is -0.121. The summed E-state index contributed by atoms with van der Waals surface area (Å²) in [4.78, 5) is 34.0. The third-order valence-corrected chi connectivity index (χ3v) is 4.25. The smallest absolute Gasteiger partial charge is 0.249 e. The van der Waals surface area contributed by atoms with E-state index in [1.165, 1.54) is 12.7 Å². The number of nitrogens with zero attached hydrogens (tertiary/aromatic N) is 4. The number of primary amides is 2. The van der Waals surface area contributed by atoms with Crippen LogP contribution >= 0.6 is 0 Å². The van der Waals surface area contributed by atoms with Crippen LogP contribution in [0.1, 0.15) is 15.9 Å². The molecule has 0 aliphatic carbocycles. The minimum Gasteiger partial charge on any atom is -0.379 e. The second-order valence-corrected chi connectivity index (χ2v) is 5.82. The molecule has 2 heterocycles. The predicted octanol–water partition coefficient (Wildman–Crippen LogP) is -1.41. The number of aliphatic imine (C=N–C) groups is 2. The molecule has 0 bridgehead atoms. The van der Waals surface area contributed by atoms with Crippen molar-refractivity contribution in [2.45, 2.75) is 5.79 Å². The maximum atomic E-state index is 12.0. The summed E-state index contributed by atoms with van der Waals surface area (Å²) in [7, 11) is 0. The third kappa shape index (κ3) is 3.29. The number of hydrazine groups is 1. The van der Waals surface area contributed by atoms with Crippen LogP contribution in [-0.2, 0) is 15.3 Å². The van der Waals surface area contributed by atoms with Crippen molar-refractivity contribution in [3.8, 4) is 0 Å². The van der Waals surface area contributed by atoms with Gasteiger partial charge in [0.2, 0.25) is 17.6 Å². The molecule has 10 nitrogen and oxygen atoms in total. The Morgan fingerprint density at radius 3 is 2.65 bits per heavy atom. The van der Waals surface area contributed by atoms with Crippen molar-refractivity contribution in [1.29, 1.82) is 0 Å². The molecule has 2 aliphatic rings. The Bertz CT molecular complexity index is 745. The van der Waals surface area contributed by atoms with Gasteiger partial charge in [-0.15, -0.1) is 0 Å². The molecule has 138 valence electrons. The SMILES string of the molecule is NC(=O)CNN1C=NC=NC1(c1ccccc1C(N)=O)N1CCOCC1. The van der Waals surface area contributed by atoms with Gasteiger partial charge in [0.25, 0.3) is 0 Å². The van der Waals surface area contributed by atoms with Gasteiger partial charge in [0, 0.05) is 24.2 Å². The number of nitrogens with one attached hydrogen (secondary N) is 1. The quantitative estimate of drug-likeness (QED) is 0.570. The summed E-state index contributed by atoms with van der Waals surface area (Å²) in [6.07, 6.45) is 2.92. The van der Waals surface area contributed by atoms with E-state index in [1.807, 2.05) is 4.90 Å². The van der Waals surface area contributed by atoms with E-state index >= 15 is 0 Å². The first kappa shape index (κ1) is 18.0. The number of carbonyl (C=O) groups excluding carboxylic acids is 2. The first-order chi connectivity index (χ1) is 12.6. The Balaban J connectivity index is 2.13. The Morgan fingerprint density at radius 1 is 1.23 bits per heavy atom. The molecule has 2 aliphatic heterocycles. The fourth-order valence-corrected chi connectivity index (χ4v) is 3.14. The molecule has 3 rings (SSSR count). The average molecular weight is 359 g/mol. The highest BCUT2D eigenvalue weighted by atomic mass is 16.5. The lowest BCUT2D eigenvalue weighted by Crippen LogP contribution is -2.65. The molecule has 0 saturated carbocycles. The van der Waals surface area contributed by atoms with Gasteiger partial charge in [0.05, 0.1) is 19.8 Å². The van der Waals surface area contributed by atoms with Gasteiger partial charge in [0.15, 0.2) is 0 Å². The van der Waals surface area contributed by atoms with Crippen LogP contribution in [-0.4, -0.2) is 67.2 Å². The summed E-state index contributed by atoms with van der Waals surface area (Å²) in [6, 6.07) is 6.97. The molecular weight excluding hydrogens is 338 g/mol. The van der Waals surface area contributed by atoms with E-state index in [1.54, 1.807) is 29.3 Å². The van der Waals surface area contributed by atoms with Gasteiger partial charge >= 0.3 is 0 Å². The lowest BCUT2D eigenvalue weighted by Gasteiger charge is -2.49. The molecule has 1 fully saturated rings. The largest absolute Gasteiger partial charge is 0.379 e. The fraction of sp³-hybridized carbons (Fsp3) is 0.375. The van der Waals surface area contributed by atoms with E-state index in [4.69, 9.17) is 16.2 Å². The second-order valence-electron chi connectivity index (χ2n) is 5.82. The summed E-state index contributed by atoms with van der Waals surface area (Å²) in [5.41, 5.74) is 14.7. The molecule has 0 aromatic heterocycles. The van der Waals surface area contributed by atoms with E-state index in [2.05, 4.69) is 15.4 Å². The van der Waals surface area contributed by atoms with Crippen molar-refractivity contribution < 1.29 is 14.3 Å². The van der Waals surface area contributed by atoms with Crippen molar-refractivity contribution in [2.24, 2.45) is 21.5 Å². The number of morpholine rings is 1. The normalized spacial score (nSPS) is 23.2. The zero-order valence-corrected chi connectivity index (χ0v) is 14.2. The van der Waals surface area contributed by atoms with Crippen molar-refractivity contribution in [3.05, 3.63) is 35.4 Å². The number of hydrogen-bond acceptors (Lipinski definition) is 8. The number of carbonyl (C=O) groups is 2. The van der Waals surface area contributed by atoms with Crippen LogP contribution < -0.4 is 16.9 Å². The maximum absolute atomic E-state index is 12.0. The molecule has 2 amide bonds. The van der Waals surface area contributed by atoms with Crippen molar-refractivity contribution in [3.63, 3.8) is 0 Å². The van der Waals surface area contributed by atoms with E-state index in [0.29, 0.717) is 37.4 Å².